The van der Waals surface area contributed by atoms with Crippen LogP contribution in [0.5, 0.6) is 0 Å². The number of fused-ring (bicyclic) bond motifs is 1. The number of alkyl carbamates (subject to hydrolysis) is 1. The first-order chi connectivity index (χ1) is 13.3. The number of aromatic nitrogens is 2. The Morgan fingerprint density at radius 1 is 1.17 bits per heavy atom. The topological polar surface area (TPSA) is 85.7 Å². The highest BCUT2D eigenvalue weighted by atomic mass is 16.6. The number of carbonyl (C=O) groups is 2. The number of carbonyl (C=O) groups excluding carboxylic acids is 2. The number of nitrogens with one attached hydrogen (secondary N) is 1. The van der Waals surface area contributed by atoms with Gasteiger partial charge in [0.15, 0.2) is 0 Å². The molecule has 0 saturated carbocycles. The fraction of sp³-hybridized carbons (Fsp3) is 0.667. The van der Waals surface area contributed by atoms with E-state index in [2.05, 4.69) is 22.1 Å². The summed E-state index contributed by atoms with van der Waals surface area (Å²) in [6.45, 7) is 14.5. The van der Waals surface area contributed by atoms with Crippen LogP contribution in [0.4, 0.5) is 9.59 Å². The zero-order chi connectivity index (χ0) is 21.8. The molecule has 0 fully saturated rings. The predicted molar refractivity (Wildman–Crippen MR) is 109 cm³/mol. The number of rotatable bonds is 2. The molecule has 0 bridgehead atoms. The Balaban J connectivity index is 1.91. The number of nitrogens with zero attached hydrogens (tertiary/aromatic N) is 3. The molecule has 1 atom stereocenters. The molecule has 1 aliphatic rings. The second-order valence-electron chi connectivity index (χ2n) is 9.17. The summed E-state index contributed by atoms with van der Waals surface area (Å²) < 4.78 is 12.7. The number of amides is 2. The molecule has 0 saturated heterocycles. The maximum absolute atomic E-state index is 12.2. The smallest absolute Gasteiger partial charge is 0.410 e. The molecule has 2 heterocycles. The van der Waals surface area contributed by atoms with Crippen LogP contribution in [0, 0.1) is 11.8 Å². The molecular formula is C21H32N4O4. The largest absolute Gasteiger partial charge is 0.444 e. The van der Waals surface area contributed by atoms with Crippen molar-refractivity contribution < 1.29 is 19.1 Å². The highest BCUT2D eigenvalue weighted by molar-refractivity contribution is 5.68. The monoisotopic (exact) mass is 404 g/mol. The van der Waals surface area contributed by atoms with Crippen molar-refractivity contribution in [2.75, 3.05) is 6.54 Å². The summed E-state index contributed by atoms with van der Waals surface area (Å²) in [5, 5.41) is 2.77. The molecule has 8 nitrogen and oxygen atoms in total. The van der Waals surface area contributed by atoms with Crippen molar-refractivity contribution >= 4 is 12.2 Å². The molecule has 8 heteroatoms. The van der Waals surface area contributed by atoms with Crippen LogP contribution in [0.15, 0.2) is 6.20 Å². The lowest BCUT2D eigenvalue weighted by Crippen LogP contribution is -2.41. The number of imidazole rings is 1. The van der Waals surface area contributed by atoms with E-state index in [-0.39, 0.29) is 12.1 Å². The lowest BCUT2D eigenvalue weighted by Gasteiger charge is -2.30. The third kappa shape index (κ3) is 7.33. The van der Waals surface area contributed by atoms with E-state index >= 15 is 0 Å². The van der Waals surface area contributed by atoms with Crippen LogP contribution in [0.3, 0.4) is 0 Å². The molecule has 2 rings (SSSR count). The summed E-state index contributed by atoms with van der Waals surface area (Å²) in [5.74, 6) is 6.98. The van der Waals surface area contributed by atoms with Gasteiger partial charge >= 0.3 is 12.2 Å². The third-order valence-corrected chi connectivity index (χ3v) is 3.90. The SMILES string of the molecule is C[C@@H](CC#Cc1cnc2n1CCN(C(=O)OC(C)(C)C)C2)NC(=O)OC(C)(C)C. The van der Waals surface area contributed by atoms with Gasteiger partial charge in [0.2, 0.25) is 0 Å². The Bertz CT molecular complexity index is 805. The van der Waals surface area contributed by atoms with Crippen molar-refractivity contribution in [1.82, 2.24) is 19.8 Å². The average Bonchev–Trinajstić information content (AvgIpc) is 2.93. The molecule has 1 N–H and O–H groups in total. The number of hydrogen-bond donors (Lipinski definition) is 1. The normalized spacial score (nSPS) is 14.9. The first kappa shape index (κ1) is 22.6. The van der Waals surface area contributed by atoms with Crippen LogP contribution in [-0.4, -0.2) is 50.4 Å². The first-order valence-electron chi connectivity index (χ1n) is 9.85. The minimum absolute atomic E-state index is 0.135. The van der Waals surface area contributed by atoms with Gasteiger partial charge in [0.05, 0.1) is 12.7 Å². The minimum Gasteiger partial charge on any atom is -0.444 e. The van der Waals surface area contributed by atoms with E-state index in [1.807, 2.05) is 53.0 Å². The maximum atomic E-state index is 12.2. The van der Waals surface area contributed by atoms with E-state index in [0.29, 0.717) is 26.1 Å². The van der Waals surface area contributed by atoms with Crippen molar-refractivity contribution in [2.45, 2.75) is 85.2 Å². The summed E-state index contributed by atoms with van der Waals surface area (Å²) >= 11 is 0. The van der Waals surface area contributed by atoms with Gasteiger partial charge < -0.3 is 19.4 Å². The molecule has 1 aliphatic heterocycles. The van der Waals surface area contributed by atoms with Crippen LogP contribution >= 0.6 is 0 Å². The van der Waals surface area contributed by atoms with E-state index in [1.165, 1.54) is 0 Å². The van der Waals surface area contributed by atoms with Crippen LogP contribution in [0.1, 0.15) is 66.4 Å². The van der Waals surface area contributed by atoms with Gasteiger partial charge in [-0.25, -0.2) is 14.6 Å². The van der Waals surface area contributed by atoms with Gasteiger partial charge in [0, 0.05) is 25.6 Å². The molecule has 1 aromatic rings. The Morgan fingerprint density at radius 3 is 2.45 bits per heavy atom. The molecule has 0 spiro atoms. The molecule has 160 valence electrons. The fourth-order valence-corrected chi connectivity index (χ4v) is 2.70. The maximum Gasteiger partial charge on any atom is 0.410 e. The summed E-state index contributed by atoms with van der Waals surface area (Å²) in [5.41, 5.74) is -0.252. The van der Waals surface area contributed by atoms with Crippen molar-refractivity contribution in [2.24, 2.45) is 0 Å². The summed E-state index contributed by atoms with van der Waals surface area (Å²) in [6, 6.07) is -0.135. The molecular weight excluding hydrogens is 372 g/mol. The Hall–Kier alpha value is -2.69. The standard InChI is InChI=1S/C21H32N4O4/c1-15(23-18(26)28-20(2,3)4)9-8-10-16-13-22-17-14-24(11-12-25(16)17)19(27)29-21(5,6)7/h13,15H,9,11-12,14H2,1-7H3,(H,23,26)/t15-/m0/s1. The van der Waals surface area contributed by atoms with Crippen LogP contribution < -0.4 is 5.32 Å². The highest BCUT2D eigenvalue weighted by Crippen LogP contribution is 2.17. The number of ether oxygens (including phenoxy) is 2. The first-order valence-corrected chi connectivity index (χ1v) is 9.85. The lowest BCUT2D eigenvalue weighted by atomic mass is 10.2. The molecule has 0 radical (unpaired) electrons. The zero-order valence-corrected chi connectivity index (χ0v) is 18.5. The van der Waals surface area contributed by atoms with Crippen molar-refractivity contribution in [3.63, 3.8) is 0 Å². The van der Waals surface area contributed by atoms with Crippen LogP contribution in [0.2, 0.25) is 0 Å². The molecule has 1 aromatic heterocycles. The predicted octanol–water partition coefficient (Wildman–Crippen LogP) is 3.29. The quantitative estimate of drug-likeness (QED) is 0.765. The fourth-order valence-electron chi connectivity index (χ4n) is 2.70. The van der Waals surface area contributed by atoms with E-state index in [0.717, 1.165) is 11.5 Å². The van der Waals surface area contributed by atoms with E-state index in [4.69, 9.17) is 9.47 Å². The molecule has 29 heavy (non-hydrogen) atoms. The van der Waals surface area contributed by atoms with Crippen molar-refractivity contribution in [1.29, 1.82) is 0 Å². The Kier molecular flexibility index (Phi) is 6.83. The van der Waals surface area contributed by atoms with Crippen LogP contribution in [0.25, 0.3) is 0 Å². The van der Waals surface area contributed by atoms with Crippen molar-refractivity contribution in [3.8, 4) is 11.8 Å². The van der Waals surface area contributed by atoms with Gasteiger partial charge in [-0.3, -0.25) is 4.90 Å². The minimum atomic E-state index is -0.528. The highest BCUT2D eigenvalue weighted by Gasteiger charge is 2.27. The molecule has 2 amide bonds. The summed E-state index contributed by atoms with van der Waals surface area (Å²) in [4.78, 5) is 30.1. The van der Waals surface area contributed by atoms with Gasteiger partial charge in [0.25, 0.3) is 0 Å². The second kappa shape index (κ2) is 8.76. The molecule has 0 aliphatic carbocycles. The van der Waals surface area contributed by atoms with Crippen molar-refractivity contribution in [3.05, 3.63) is 17.7 Å². The molecule has 0 unspecified atom stereocenters. The van der Waals surface area contributed by atoms with Gasteiger partial charge in [-0.1, -0.05) is 5.92 Å². The van der Waals surface area contributed by atoms with E-state index < -0.39 is 17.3 Å². The second-order valence-corrected chi connectivity index (χ2v) is 9.17. The van der Waals surface area contributed by atoms with Gasteiger partial charge in [-0.15, -0.1) is 0 Å². The zero-order valence-electron chi connectivity index (χ0n) is 18.5. The van der Waals surface area contributed by atoms with Crippen LogP contribution in [-0.2, 0) is 22.6 Å². The van der Waals surface area contributed by atoms with Gasteiger partial charge in [-0.05, 0) is 54.4 Å². The summed E-state index contributed by atoms with van der Waals surface area (Å²) in [6.07, 6.45) is 1.42. The van der Waals surface area contributed by atoms with E-state index in [9.17, 15) is 9.59 Å². The summed E-state index contributed by atoms with van der Waals surface area (Å²) in [7, 11) is 0. The van der Waals surface area contributed by atoms with Gasteiger partial charge in [-0.2, -0.15) is 0 Å². The lowest BCUT2D eigenvalue weighted by molar-refractivity contribution is 0.0194. The van der Waals surface area contributed by atoms with Gasteiger partial charge in [0.1, 0.15) is 22.7 Å². The average molecular weight is 405 g/mol. The molecule has 0 aromatic carbocycles. The Morgan fingerprint density at radius 2 is 1.83 bits per heavy atom. The third-order valence-electron chi connectivity index (χ3n) is 3.90. The van der Waals surface area contributed by atoms with E-state index in [1.54, 1.807) is 11.1 Å². The number of hydrogen-bond acceptors (Lipinski definition) is 5. The Labute approximate surface area is 172 Å².